The van der Waals surface area contributed by atoms with Crippen LogP contribution in [-0.2, 0) is 0 Å². The Labute approximate surface area is 119 Å². The average Bonchev–Trinajstić information content (AvgIpc) is 2.38. The van der Waals surface area contributed by atoms with Crippen molar-refractivity contribution in [2.45, 2.75) is 89.2 Å². The predicted molar refractivity (Wildman–Crippen MR) is 85.5 cm³/mol. The first-order chi connectivity index (χ1) is 8.71. The maximum absolute atomic E-state index is 3.79. The van der Waals surface area contributed by atoms with Crippen LogP contribution in [0.25, 0.3) is 0 Å². The highest BCUT2D eigenvalue weighted by Crippen LogP contribution is 2.37. The fourth-order valence-electron chi connectivity index (χ4n) is 2.99. The lowest BCUT2D eigenvalue weighted by Crippen LogP contribution is -2.43. The van der Waals surface area contributed by atoms with Crippen LogP contribution in [0.4, 0.5) is 0 Å². The van der Waals surface area contributed by atoms with Crippen molar-refractivity contribution in [1.82, 2.24) is 5.32 Å². The predicted octanol–water partition coefficient (Wildman–Crippen LogP) is 4.86. The lowest BCUT2D eigenvalue weighted by molar-refractivity contribution is 0.287. The molecule has 0 heterocycles. The molecule has 0 amide bonds. The van der Waals surface area contributed by atoms with Gasteiger partial charge in [0.15, 0.2) is 0 Å². The molecular formula is C16H33NS. The van der Waals surface area contributed by atoms with Crippen molar-refractivity contribution in [1.29, 1.82) is 0 Å². The largest absolute Gasteiger partial charge is 0.313 e. The van der Waals surface area contributed by atoms with E-state index in [1.165, 1.54) is 51.5 Å². The smallest absolute Gasteiger partial charge is 0.0206 e. The number of rotatable bonds is 8. The van der Waals surface area contributed by atoms with Crippen molar-refractivity contribution in [3.05, 3.63) is 0 Å². The normalized spacial score (nSPS) is 30.3. The zero-order chi connectivity index (χ0) is 13.4. The Morgan fingerprint density at radius 3 is 2.56 bits per heavy atom. The van der Waals surface area contributed by atoms with E-state index in [2.05, 4.69) is 44.8 Å². The Morgan fingerprint density at radius 1 is 1.17 bits per heavy atom. The van der Waals surface area contributed by atoms with E-state index in [1.54, 1.807) is 0 Å². The van der Waals surface area contributed by atoms with Crippen LogP contribution in [0.1, 0.15) is 72.6 Å². The monoisotopic (exact) mass is 271 g/mol. The Balaban J connectivity index is 2.49. The van der Waals surface area contributed by atoms with E-state index in [4.69, 9.17) is 0 Å². The summed E-state index contributed by atoms with van der Waals surface area (Å²) in [6.07, 6.45) is 9.67. The number of hydrogen-bond acceptors (Lipinski definition) is 2. The van der Waals surface area contributed by atoms with Crippen LogP contribution >= 0.6 is 11.8 Å². The standard InChI is InChI=1S/C16H33NS/c1-5-8-14-9-10-15(17-11-6-2)16(12-14)18-13(4)7-3/h13-17H,5-12H2,1-4H3. The molecule has 18 heavy (non-hydrogen) atoms. The average molecular weight is 272 g/mol. The van der Waals surface area contributed by atoms with Gasteiger partial charge in [-0.3, -0.25) is 0 Å². The zero-order valence-corrected chi connectivity index (χ0v) is 13.7. The maximum atomic E-state index is 3.79. The van der Waals surface area contributed by atoms with Gasteiger partial charge in [0, 0.05) is 16.5 Å². The lowest BCUT2D eigenvalue weighted by atomic mass is 9.83. The van der Waals surface area contributed by atoms with Gasteiger partial charge in [-0.1, -0.05) is 40.5 Å². The molecule has 1 rings (SSSR count). The van der Waals surface area contributed by atoms with Gasteiger partial charge < -0.3 is 5.32 Å². The van der Waals surface area contributed by atoms with Gasteiger partial charge in [0.1, 0.15) is 0 Å². The molecular weight excluding hydrogens is 238 g/mol. The van der Waals surface area contributed by atoms with E-state index >= 15 is 0 Å². The number of nitrogens with one attached hydrogen (secondary N) is 1. The second kappa shape index (κ2) is 9.25. The van der Waals surface area contributed by atoms with Crippen molar-refractivity contribution >= 4 is 11.8 Å². The SMILES string of the molecule is CCCNC1CCC(CCC)CC1SC(C)CC. The summed E-state index contributed by atoms with van der Waals surface area (Å²) in [4.78, 5) is 0. The minimum Gasteiger partial charge on any atom is -0.313 e. The molecule has 4 atom stereocenters. The third-order valence-electron chi connectivity index (χ3n) is 4.24. The molecule has 0 aromatic heterocycles. The van der Waals surface area contributed by atoms with Crippen LogP contribution in [0, 0.1) is 5.92 Å². The van der Waals surface area contributed by atoms with Crippen LogP contribution in [0.15, 0.2) is 0 Å². The van der Waals surface area contributed by atoms with Gasteiger partial charge in [-0.05, 0) is 44.6 Å². The minimum atomic E-state index is 0.775. The van der Waals surface area contributed by atoms with Gasteiger partial charge in [-0.2, -0.15) is 11.8 Å². The molecule has 2 heteroatoms. The van der Waals surface area contributed by atoms with Gasteiger partial charge in [-0.25, -0.2) is 0 Å². The van der Waals surface area contributed by atoms with Crippen LogP contribution < -0.4 is 5.32 Å². The van der Waals surface area contributed by atoms with Gasteiger partial charge in [0.2, 0.25) is 0 Å². The number of hydrogen-bond donors (Lipinski definition) is 1. The lowest BCUT2D eigenvalue weighted by Gasteiger charge is -2.37. The first kappa shape index (κ1) is 16.4. The first-order valence-electron chi connectivity index (χ1n) is 8.10. The summed E-state index contributed by atoms with van der Waals surface area (Å²) in [5.41, 5.74) is 0. The Hall–Kier alpha value is 0.310. The molecule has 108 valence electrons. The third kappa shape index (κ3) is 5.52. The Morgan fingerprint density at radius 2 is 1.94 bits per heavy atom. The van der Waals surface area contributed by atoms with Gasteiger partial charge in [-0.15, -0.1) is 0 Å². The van der Waals surface area contributed by atoms with E-state index in [0.717, 1.165) is 22.5 Å². The number of thioether (sulfide) groups is 1. The van der Waals surface area contributed by atoms with Crippen LogP contribution in [0.3, 0.4) is 0 Å². The van der Waals surface area contributed by atoms with Gasteiger partial charge in [0.05, 0.1) is 0 Å². The fraction of sp³-hybridized carbons (Fsp3) is 1.00. The third-order valence-corrected chi connectivity index (χ3v) is 5.90. The molecule has 1 aliphatic carbocycles. The van der Waals surface area contributed by atoms with Crippen molar-refractivity contribution in [2.24, 2.45) is 5.92 Å². The molecule has 0 spiro atoms. The quantitative estimate of drug-likeness (QED) is 0.677. The Bertz CT molecular complexity index is 207. The van der Waals surface area contributed by atoms with E-state index in [9.17, 15) is 0 Å². The van der Waals surface area contributed by atoms with E-state index in [1.807, 2.05) is 0 Å². The molecule has 4 unspecified atom stereocenters. The second-order valence-corrected chi connectivity index (χ2v) is 7.60. The minimum absolute atomic E-state index is 0.775. The summed E-state index contributed by atoms with van der Waals surface area (Å²) in [7, 11) is 0. The molecule has 1 saturated carbocycles. The highest BCUT2D eigenvalue weighted by molar-refractivity contribution is 8.00. The van der Waals surface area contributed by atoms with Crippen molar-refractivity contribution in [2.75, 3.05) is 6.54 Å². The molecule has 1 aliphatic rings. The summed E-state index contributed by atoms with van der Waals surface area (Å²) in [6.45, 7) is 10.5. The molecule has 0 saturated heterocycles. The van der Waals surface area contributed by atoms with E-state index < -0.39 is 0 Å². The van der Waals surface area contributed by atoms with Crippen LogP contribution in [-0.4, -0.2) is 23.1 Å². The summed E-state index contributed by atoms with van der Waals surface area (Å²) in [5, 5.41) is 5.47. The van der Waals surface area contributed by atoms with E-state index in [0.29, 0.717) is 0 Å². The maximum Gasteiger partial charge on any atom is 0.0206 e. The molecule has 0 aliphatic heterocycles. The summed E-state index contributed by atoms with van der Waals surface area (Å²) in [5.74, 6) is 0.997. The zero-order valence-electron chi connectivity index (χ0n) is 12.9. The fourth-order valence-corrected chi connectivity index (χ4v) is 4.58. The summed E-state index contributed by atoms with van der Waals surface area (Å²) >= 11 is 2.25. The Kier molecular flexibility index (Phi) is 8.41. The van der Waals surface area contributed by atoms with Crippen molar-refractivity contribution in [3.8, 4) is 0 Å². The topological polar surface area (TPSA) is 12.0 Å². The molecule has 1 N–H and O–H groups in total. The molecule has 1 fully saturated rings. The van der Waals surface area contributed by atoms with Crippen molar-refractivity contribution < 1.29 is 0 Å². The van der Waals surface area contributed by atoms with Gasteiger partial charge >= 0.3 is 0 Å². The highest BCUT2D eigenvalue weighted by atomic mass is 32.2. The molecule has 0 aromatic rings. The van der Waals surface area contributed by atoms with Crippen LogP contribution in [0.2, 0.25) is 0 Å². The van der Waals surface area contributed by atoms with Crippen LogP contribution in [0.5, 0.6) is 0 Å². The molecule has 0 bridgehead atoms. The van der Waals surface area contributed by atoms with Crippen molar-refractivity contribution in [3.63, 3.8) is 0 Å². The highest BCUT2D eigenvalue weighted by Gasteiger charge is 2.30. The van der Waals surface area contributed by atoms with E-state index in [-0.39, 0.29) is 0 Å². The first-order valence-corrected chi connectivity index (χ1v) is 9.04. The summed E-state index contributed by atoms with van der Waals surface area (Å²) in [6, 6.07) is 0.775. The molecule has 0 radical (unpaired) electrons. The molecule has 1 nitrogen and oxygen atoms in total. The molecule has 0 aromatic carbocycles. The summed E-state index contributed by atoms with van der Waals surface area (Å²) < 4.78 is 0. The van der Waals surface area contributed by atoms with Gasteiger partial charge in [0.25, 0.3) is 0 Å². The second-order valence-electron chi connectivity index (χ2n) is 5.92.